The minimum atomic E-state index is -3.60. The molecule has 0 aromatic rings. The van der Waals surface area contributed by atoms with E-state index in [-0.39, 0.29) is 25.5 Å². The van der Waals surface area contributed by atoms with Crippen LogP contribution >= 0.6 is 0 Å². The predicted molar refractivity (Wildman–Crippen MR) is 54.0 cm³/mol. The Bertz CT molecular complexity index is 437. The van der Waals surface area contributed by atoms with Gasteiger partial charge in [0, 0.05) is 18.9 Å². The Labute approximate surface area is 93.8 Å². The van der Waals surface area contributed by atoms with Gasteiger partial charge >= 0.3 is 0 Å². The maximum absolute atomic E-state index is 11.8. The molecule has 0 spiro atoms. The molecule has 5 unspecified atom stereocenters. The summed E-state index contributed by atoms with van der Waals surface area (Å²) in [5.74, 6) is -0.158. The number of rotatable bonds is 2. The van der Waals surface area contributed by atoms with Crippen molar-refractivity contribution in [1.29, 1.82) is 0 Å². The second-order valence-electron chi connectivity index (χ2n) is 4.98. The number of hydrogen-bond donors (Lipinski definition) is 2. The van der Waals surface area contributed by atoms with Gasteiger partial charge in [0.1, 0.15) is 17.0 Å². The minimum Gasteiger partial charge on any atom is -0.393 e. The number of aliphatic hydroxyl groups excluding tert-OH is 1. The fraction of sp³-hybridized carbons (Fsp3) is 1.00. The zero-order valence-electron chi connectivity index (χ0n) is 8.92. The molecule has 2 bridgehead atoms. The highest BCUT2D eigenvalue weighted by atomic mass is 32.2. The van der Waals surface area contributed by atoms with Crippen molar-refractivity contribution >= 4 is 10.1 Å². The third kappa shape index (κ3) is 0.910. The van der Waals surface area contributed by atoms with E-state index in [9.17, 15) is 13.5 Å². The van der Waals surface area contributed by atoms with Crippen LogP contribution in [0.5, 0.6) is 0 Å². The topological polar surface area (TPSA) is 98.9 Å². The van der Waals surface area contributed by atoms with Crippen molar-refractivity contribution in [2.45, 2.75) is 35.9 Å². The molecule has 3 rings (SSSR count). The van der Waals surface area contributed by atoms with Gasteiger partial charge < -0.3 is 15.6 Å². The molecule has 3 heterocycles. The summed E-state index contributed by atoms with van der Waals surface area (Å²) >= 11 is 0. The molecule has 3 aliphatic rings. The standard InChI is InChI=1S/C9H15NO5S/c1-5-7-9(3-10)6(16(12,13)14-7)2-8(5,4-11)15-9/h5-7,11H,2-4,10H2,1H3. The average Bonchev–Trinajstić information content (AvgIpc) is 2.76. The molecule has 0 saturated carbocycles. The first kappa shape index (κ1) is 10.9. The highest BCUT2D eigenvalue weighted by Gasteiger charge is 2.78. The van der Waals surface area contributed by atoms with E-state index in [1.54, 1.807) is 0 Å². The highest BCUT2D eigenvalue weighted by Crippen LogP contribution is 2.61. The van der Waals surface area contributed by atoms with Crippen LogP contribution in [0.2, 0.25) is 0 Å². The van der Waals surface area contributed by atoms with Crippen molar-refractivity contribution in [3.8, 4) is 0 Å². The Morgan fingerprint density at radius 1 is 1.56 bits per heavy atom. The third-order valence-electron chi connectivity index (χ3n) is 4.41. The van der Waals surface area contributed by atoms with Crippen LogP contribution in [0.15, 0.2) is 0 Å². The summed E-state index contributed by atoms with van der Waals surface area (Å²) in [6.45, 7) is 1.75. The summed E-state index contributed by atoms with van der Waals surface area (Å²) in [6, 6.07) is 0. The van der Waals surface area contributed by atoms with Gasteiger partial charge in [-0.15, -0.1) is 0 Å². The lowest BCUT2D eigenvalue weighted by Gasteiger charge is -2.30. The van der Waals surface area contributed by atoms with Crippen LogP contribution in [-0.4, -0.2) is 49.2 Å². The van der Waals surface area contributed by atoms with Crippen LogP contribution in [0.3, 0.4) is 0 Å². The second-order valence-corrected chi connectivity index (χ2v) is 6.72. The first-order chi connectivity index (χ1) is 7.42. The summed E-state index contributed by atoms with van der Waals surface area (Å²) in [7, 11) is -3.60. The molecule has 3 saturated heterocycles. The van der Waals surface area contributed by atoms with E-state index in [1.807, 2.05) is 6.92 Å². The lowest BCUT2D eigenvalue weighted by Crippen LogP contribution is -2.52. The monoisotopic (exact) mass is 249 g/mol. The minimum absolute atomic E-state index is 0.105. The van der Waals surface area contributed by atoms with Gasteiger partial charge in [0.05, 0.1) is 12.2 Å². The van der Waals surface area contributed by atoms with Crippen LogP contribution < -0.4 is 5.73 Å². The third-order valence-corrected chi connectivity index (χ3v) is 6.15. The largest absolute Gasteiger partial charge is 0.393 e. The van der Waals surface area contributed by atoms with E-state index in [0.717, 1.165) is 0 Å². The van der Waals surface area contributed by atoms with Crippen molar-refractivity contribution in [2.75, 3.05) is 13.2 Å². The molecule has 3 N–H and O–H groups in total. The van der Waals surface area contributed by atoms with Crippen LogP contribution in [0.25, 0.3) is 0 Å². The molecule has 6 nitrogen and oxygen atoms in total. The van der Waals surface area contributed by atoms with E-state index >= 15 is 0 Å². The van der Waals surface area contributed by atoms with Gasteiger partial charge in [-0.25, -0.2) is 0 Å². The molecule has 0 aromatic carbocycles. The summed E-state index contributed by atoms with van der Waals surface area (Å²) in [5.41, 5.74) is 3.94. The van der Waals surface area contributed by atoms with E-state index in [2.05, 4.69) is 0 Å². The van der Waals surface area contributed by atoms with Crippen molar-refractivity contribution in [3.63, 3.8) is 0 Å². The van der Waals surface area contributed by atoms with Gasteiger partial charge in [-0.2, -0.15) is 8.42 Å². The maximum Gasteiger partial charge on any atom is 0.273 e. The van der Waals surface area contributed by atoms with Gasteiger partial charge in [0.2, 0.25) is 0 Å². The summed E-state index contributed by atoms with van der Waals surface area (Å²) in [6.07, 6.45) is -0.269. The van der Waals surface area contributed by atoms with Crippen molar-refractivity contribution in [2.24, 2.45) is 11.7 Å². The molecule has 92 valence electrons. The van der Waals surface area contributed by atoms with E-state index in [1.165, 1.54) is 0 Å². The normalized spacial score (nSPS) is 57.1. The Hall–Kier alpha value is -0.210. The first-order valence-electron chi connectivity index (χ1n) is 5.35. The second kappa shape index (κ2) is 2.78. The molecule has 0 aliphatic carbocycles. The number of ether oxygens (including phenoxy) is 1. The molecule has 16 heavy (non-hydrogen) atoms. The number of hydrogen-bond acceptors (Lipinski definition) is 6. The van der Waals surface area contributed by atoms with Gasteiger partial charge in [0.15, 0.2) is 0 Å². The van der Waals surface area contributed by atoms with E-state index in [4.69, 9.17) is 14.7 Å². The van der Waals surface area contributed by atoms with Gasteiger partial charge in [-0.05, 0) is 0 Å². The summed E-state index contributed by atoms with van der Waals surface area (Å²) in [5, 5.41) is 8.72. The van der Waals surface area contributed by atoms with Crippen LogP contribution in [0.1, 0.15) is 13.3 Å². The molecular weight excluding hydrogens is 234 g/mol. The highest BCUT2D eigenvalue weighted by molar-refractivity contribution is 7.87. The summed E-state index contributed by atoms with van der Waals surface area (Å²) in [4.78, 5) is 0. The number of aliphatic hydroxyl groups is 1. The van der Waals surface area contributed by atoms with Crippen LogP contribution in [0, 0.1) is 5.92 Å². The van der Waals surface area contributed by atoms with Crippen molar-refractivity contribution in [1.82, 2.24) is 0 Å². The van der Waals surface area contributed by atoms with E-state index < -0.39 is 32.7 Å². The molecule has 0 radical (unpaired) electrons. The molecule has 7 heteroatoms. The lowest BCUT2D eigenvalue weighted by molar-refractivity contribution is -0.0824. The molecule has 3 fully saturated rings. The number of nitrogens with two attached hydrogens (primary N) is 1. The van der Waals surface area contributed by atoms with Crippen molar-refractivity contribution in [3.05, 3.63) is 0 Å². The number of fused-ring (bicyclic) bond motifs is 1. The quantitative estimate of drug-likeness (QED) is 0.583. The molecule has 0 aromatic heterocycles. The zero-order chi connectivity index (χ0) is 11.8. The molecule has 0 amide bonds. The molecule has 5 atom stereocenters. The van der Waals surface area contributed by atoms with Crippen molar-refractivity contribution < 1.29 is 22.4 Å². The first-order valence-corrected chi connectivity index (χ1v) is 6.82. The fourth-order valence-corrected chi connectivity index (χ4v) is 5.45. The zero-order valence-corrected chi connectivity index (χ0v) is 9.74. The van der Waals surface area contributed by atoms with E-state index in [0.29, 0.717) is 0 Å². The predicted octanol–water partition coefficient (Wildman–Crippen LogP) is -1.42. The molecular formula is C9H15NO5S. The van der Waals surface area contributed by atoms with Gasteiger partial charge in [-0.3, -0.25) is 4.18 Å². The Balaban J connectivity index is 2.17. The lowest BCUT2D eigenvalue weighted by atomic mass is 9.73. The Kier molecular flexibility index (Phi) is 1.90. The smallest absolute Gasteiger partial charge is 0.273 e. The fourth-order valence-electron chi connectivity index (χ4n) is 3.44. The van der Waals surface area contributed by atoms with Gasteiger partial charge in [-0.1, -0.05) is 6.92 Å². The SMILES string of the molecule is CC1C2OS(=O)(=O)C3CC1(CO)OC23CN. The van der Waals surface area contributed by atoms with Gasteiger partial charge in [0.25, 0.3) is 10.1 Å². The average molecular weight is 249 g/mol. The molecule has 3 aliphatic heterocycles. The van der Waals surface area contributed by atoms with Crippen LogP contribution in [0.4, 0.5) is 0 Å². The Morgan fingerprint density at radius 3 is 2.75 bits per heavy atom. The summed E-state index contributed by atoms with van der Waals surface area (Å²) < 4.78 is 34.5. The van der Waals surface area contributed by atoms with Crippen LogP contribution in [-0.2, 0) is 19.0 Å². The maximum atomic E-state index is 11.8. The Morgan fingerprint density at radius 2 is 2.25 bits per heavy atom.